The van der Waals surface area contributed by atoms with E-state index in [2.05, 4.69) is 4.98 Å². The molecule has 1 heterocycles. The minimum absolute atomic E-state index is 0.114. The molecular weight excluding hydrogens is 162 g/mol. The van der Waals surface area contributed by atoms with Gasteiger partial charge in [-0.15, -0.1) is 0 Å². The summed E-state index contributed by atoms with van der Waals surface area (Å²) in [5.74, 6) is -1.19. The highest BCUT2D eigenvalue weighted by Crippen LogP contribution is 1.95. The Hall–Kier alpha value is -1.91. The maximum absolute atomic E-state index is 10.7. The fourth-order valence-electron chi connectivity index (χ4n) is 0.712. The van der Waals surface area contributed by atoms with Crippen molar-refractivity contribution < 1.29 is 14.7 Å². The second kappa shape index (κ2) is 3.00. The number of aromatic carboxylic acids is 1. The molecule has 0 fully saturated rings. The molecule has 0 saturated heterocycles. The van der Waals surface area contributed by atoms with E-state index in [1.807, 2.05) is 0 Å². The van der Waals surface area contributed by atoms with Crippen LogP contribution in [0, 0.1) is 0 Å². The monoisotopic (exact) mass is 167 g/mol. The van der Waals surface area contributed by atoms with Crippen molar-refractivity contribution in [1.29, 1.82) is 0 Å². The average Bonchev–Trinajstić information content (AvgIpc) is 2.05. The molecule has 0 atom stereocenters. The molecule has 0 aliphatic heterocycles. The summed E-state index contributed by atoms with van der Waals surface area (Å²) in [6.45, 7) is 0. The maximum Gasteiger partial charge on any atom is 0.337 e. The largest absolute Gasteiger partial charge is 0.478 e. The first kappa shape index (κ1) is 8.19. The maximum atomic E-state index is 10.7. The number of H-pyrrole nitrogens is 1. The van der Waals surface area contributed by atoms with E-state index in [0.29, 0.717) is 6.29 Å². The van der Waals surface area contributed by atoms with Crippen molar-refractivity contribution in [1.82, 2.24) is 4.98 Å². The van der Waals surface area contributed by atoms with Crippen molar-refractivity contribution in [3.05, 3.63) is 33.7 Å². The van der Waals surface area contributed by atoms with Crippen LogP contribution in [-0.2, 0) is 0 Å². The molecule has 5 nitrogen and oxygen atoms in total. The Morgan fingerprint density at radius 3 is 2.75 bits per heavy atom. The lowest BCUT2D eigenvalue weighted by Gasteiger charge is -1.93. The molecule has 1 aromatic heterocycles. The molecule has 0 unspecified atom stereocenters. The van der Waals surface area contributed by atoms with Crippen molar-refractivity contribution in [3.63, 3.8) is 0 Å². The zero-order valence-electron chi connectivity index (χ0n) is 5.90. The lowest BCUT2D eigenvalue weighted by molar-refractivity contribution is 0.0696. The number of carbonyl (C=O) groups excluding carboxylic acids is 1. The number of aromatic nitrogens is 1. The second-order valence-electron chi connectivity index (χ2n) is 2.10. The molecule has 0 aliphatic carbocycles. The number of hydrogen-bond acceptors (Lipinski definition) is 3. The van der Waals surface area contributed by atoms with Crippen LogP contribution in [0.4, 0.5) is 0 Å². The molecule has 62 valence electrons. The average molecular weight is 167 g/mol. The van der Waals surface area contributed by atoms with Crippen LogP contribution in [0.2, 0.25) is 0 Å². The van der Waals surface area contributed by atoms with Crippen LogP contribution in [0.1, 0.15) is 20.7 Å². The van der Waals surface area contributed by atoms with Gasteiger partial charge in [0, 0.05) is 6.20 Å². The summed E-state index contributed by atoms with van der Waals surface area (Å²) in [6, 6.07) is 1.02. The Kier molecular flexibility index (Phi) is 2.05. The van der Waals surface area contributed by atoms with E-state index in [1.54, 1.807) is 0 Å². The SMILES string of the molecule is O=Cc1cc(C(=O)O)c[nH]c1=O. The number of carboxylic acids is 1. The van der Waals surface area contributed by atoms with E-state index >= 15 is 0 Å². The van der Waals surface area contributed by atoms with E-state index < -0.39 is 11.5 Å². The zero-order valence-corrected chi connectivity index (χ0v) is 5.90. The summed E-state index contributed by atoms with van der Waals surface area (Å²) >= 11 is 0. The third-order valence-electron chi connectivity index (χ3n) is 1.31. The van der Waals surface area contributed by atoms with Gasteiger partial charge in [0.2, 0.25) is 0 Å². The van der Waals surface area contributed by atoms with Gasteiger partial charge >= 0.3 is 5.97 Å². The lowest BCUT2D eigenvalue weighted by atomic mass is 10.2. The number of hydrogen-bond donors (Lipinski definition) is 2. The van der Waals surface area contributed by atoms with E-state index in [4.69, 9.17) is 5.11 Å². The first-order valence-corrected chi connectivity index (χ1v) is 3.06. The Balaban J connectivity index is 3.32. The molecule has 5 heteroatoms. The van der Waals surface area contributed by atoms with Crippen LogP contribution in [0.5, 0.6) is 0 Å². The fraction of sp³-hybridized carbons (Fsp3) is 0. The highest BCUT2D eigenvalue weighted by atomic mass is 16.4. The van der Waals surface area contributed by atoms with Crippen molar-refractivity contribution in [2.24, 2.45) is 0 Å². The first-order chi connectivity index (χ1) is 5.65. The Labute approximate surface area is 66.7 Å². The number of nitrogens with one attached hydrogen (secondary N) is 1. The molecule has 1 rings (SSSR count). The third-order valence-corrected chi connectivity index (χ3v) is 1.31. The van der Waals surface area contributed by atoms with Crippen molar-refractivity contribution in [2.75, 3.05) is 0 Å². The number of carbonyl (C=O) groups is 2. The van der Waals surface area contributed by atoms with Gasteiger partial charge in [0.1, 0.15) is 0 Å². The summed E-state index contributed by atoms with van der Waals surface area (Å²) in [5, 5.41) is 8.46. The minimum Gasteiger partial charge on any atom is -0.478 e. The van der Waals surface area contributed by atoms with Gasteiger partial charge in [0.05, 0.1) is 11.1 Å². The van der Waals surface area contributed by atoms with Crippen LogP contribution in [-0.4, -0.2) is 22.3 Å². The number of aromatic amines is 1. The standard InChI is InChI=1S/C7H5NO4/c9-3-5-1-4(7(11)12)2-8-6(5)10/h1-3H,(H,8,10)(H,11,12). The summed E-state index contributed by atoms with van der Waals surface area (Å²) in [6.07, 6.45) is 1.35. The Morgan fingerprint density at radius 2 is 2.25 bits per heavy atom. The van der Waals surface area contributed by atoms with Crippen LogP contribution >= 0.6 is 0 Å². The topological polar surface area (TPSA) is 87.2 Å². The van der Waals surface area contributed by atoms with E-state index in [0.717, 1.165) is 12.3 Å². The predicted molar refractivity (Wildman–Crippen MR) is 39.4 cm³/mol. The van der Waals surface area contributed by atoms with Gasteiger partial charge in [-0.1, -0.05) is 0 Å². The summed E-state index contributed by atoms with van der Waals surface area (Å²) < 4.78 is 0. The first-order valence-electron chi connectivity index (χ1n) is 3.06. The summed E-state index contributed by atoms with van der Waals surface area (Å²) in [4.78, 5) is 33.4. The van der Waals surface area contributed by atoms with Crippen LogP contribution in [0.3, 0.4) is 0 Å². The van der Waals surface area contributed by atoms with Crippen LogP contribution in [0.15, 0.2) is 17.1 Å². The third kappa shape index (κ3) is 1.39. The second-order valence-corrected chi connectivity index (χ2v) is 2.10. The van der Waals surface area contributed by atoms with Crippen LogP contribution in [0.25, 0.3) is 0 Å². The predicted octanol–water partition coefficient (Wildman–Crippen LogP) is -0.114. The number of pyridine rings is 1. The molecule has 12 heavy (non-hydrogen) atoms. The molecule has 0 saturated carbocycles. The van der Waals surface area contributed by atoms with Crippen molar-refractivity contribution in [3.8, 4) is 0 Å². The number of carboxylic acid groups (broad SMARTS) is 1. The van der Waals surface area contributed by atoms with E-state index in [1.165, 1.54) is 0 Å². The van der Waals surface area contributed by atoms with Gasteiger partial charge in [0.15, 0.2) is 6.29 Å². The molecule has 0 amide bonds. The minimum atomic E-state index is -1.19. The molecule has 2 N–H and O–H groups in total. The smallest absolute Gasteiger partial charge is 0.337 e. The lowest BCUT2D eigenvalue weighted by Crippen LogP contribution is -2.13. The molecular formula is C7H5NO4. The van der Waals surface area contributed by atoms with Gasteiger partial charge in [-0.25, -0.2) is 4.79 Å². The van der Waals surface area contributed by atoms with Gasteiger partial charge in [0.25, 0.3) is 5.56 Å². The zero-order chi connectivity index (χ0) is 9.14. The van der Waals surface area contributed by atoms with Crippen molar-refractivity contribution >= 4 is 12.3 Å². The summed E-state index contributed by atoms with van der Waals surface area (Å²) in [5.41, 5.74) is -0.887. The Morgan fingerprint density at radius 1 is 1.58 bits per heavy atom. The molecule has 1 aromatic rings. The van der Waals surface area contributed by atoms with Gasteiger partial charge in [-0.05, 0) is 6.07 Å². The normalized spacial score (nSPS) is 9.33. The highest BCUT2D eigenvalue weighted by molar-refractivity contribution is 5.89. The number of aldehydes is 1. The van der Waals surface area contributed by atoms with Gasteiger partial charge < -0.3 is 10.1 Å². The molecule has 0 aliphatic rings. The van der Waals surface area contributed by atoms with Gasteiger partial charge in [-0.3, -0.25) is 9.59 Å². The van der Waals surface area contributed by atoms with Crippen LogP contribution < -0.4 is 5.56 Å². The van der Waals surface area contributed by atoms with Gasteiger partial charge in [-0.2, -0.15) is 0 Å². The van der Waals surface area contributed by atoms with E-state index in [-0.39, 0.29) is 11.1 Å². The molecule has 0 radical (unpaired) electrons. The van der Waals surface area contributed by atoms with E-state index in [9.17, 15) is 14.4 Å². The molecule has 0 bridgehead atoms. The highest BCUT2D eigenvalue weighted by Gasteiger charge is 2.05. The molecule has 0 aromatic carbocycles. The van der Waals surface area contributed by atoms with Crippen molar-refractivity contribution in [2.45, 2.75) is 0 Å². The quantitative estimate of drug-likeness (QED) is 0.601. The number of rotatable bonds is 2. The fourth-order valence-corrected chi connectivity index (χ4v) is 0.712. The summed E-state index contributed by atoms with van der Waals surface area (Å²) in [7, 11) is 0. The Bertz CT molecular complexity index is 379. The molecule has 0 spiro atoms.